The van der Waals surface area contributed by atoms with Crippen LogP contribution in [0.2, 0.25) is 0 Å². The highest BCUT2D eigenvalue weighted by atomic mass is 16.3. The molecule has 1 aliphatic rings. The van der Waals surface area contributed by atoms with Gasteiger partial charge in [0.25, 0.3) is 0 Å². The van der Waals surface area contributed by atoms with E-state index >= 15 is 0 Å². The average Bonchev–Trinajstić information content (AvgIpc) is 2.74. The Bertz CT molecular complexity index is 313. The van der Waals surface area contributed by atoms with Gasteiger partial charge in [0.1, 0.15) is 0 Å². The molecule has 0 saturated heterocycles. The topological polar surface area (TPSA) is 38.0 Å². The number of aryl methyl sites for hydroxylation is 1. The Balaban J connectivity index is 2.18. The van der Waals surface area contributed by atoms with Gasteiger partial charge < -0.3 is 5.11 Å². The van der Waals surface area contributed by atoms with Gasteiger partial charge in [-0.05, 0) is 18.3 Å². The molecule has 78 valence electrons. The molecule has 1 atom stereocenters. The smallest absolute Gasteiger partial charge is 0.0873 e. The molecule has 3 heteroatoms. The second-order valence-corrected chi connectivity index (χ2v) is 4.71. The van der Waals surface area contributed by atoms with Crippen LogP contribution in [0.1, 0.15) is 44.3 Å². The zero-order valence-corrected chi connectivity index (χ0v) is 8.90. The maximum atomic E-state index is 10.2. The van der Waals surface area contributed by atoms with E-state index in [2.05, 4.69) is 12.0 Å². The van der Waals surface area contributed by atoms with E-state index in [4.69, 9.17) is 0 Å². The quantitative estimate of drug-likeness (QED) is 0.782. The van der Waals surface area contributed by atoms with Crippen molar-refractivity contribution < 1.29 is 5.11 Å². The monoisotopic (exact) mass is 194 g/mol. The second kappa shape index (κ2) is 3.39. The minimum Gasteiger partial charge on any atom is -0.388 e. The molecule has 1 N–H and O–H groups in total. The Labute approximate surface area is 84.7 Å². The average molecular weight is 194 g/mol. The summed E-state index contributed by atoms with van der Waals surface area (Å²) in [6.45, 7) is 2.18. The molecule has 0 aromatic carbocycles. The van der Waals surface area contributed by atoms with Gasteiger partial charge in [-0.2, -0.15) is 5.10 Å². The summed E-state index contributed by atoms with van der Waals surface area (Å²) in [6, 6.07) is 0. The van der Waals surface area contributed by atoms with Crippen LogP contribution in [0.5, 0.6) is 0 Å². The standard InChI is InChI=1S/C11H18N2O/c1-11(5-3-4-6-11)10(14)9-7-12-13(2)8-9/h7-8,10,14H,3-6H2,1-2H3. The molecule has 0 aliphatic heterocycles. The first-order valence-corrected chi connectivity index (χ1v) is 5.28. The van der Waals surface area contributed by atoms with Crippen LogP contribution in [0.25, 0.3) is 0 Å². The molecule has 2 rings (SSSR count). The lowest BCUT2D eigenvalue weighted by Crippen LogP contribution is -2.21. The first kappa shape index (κ1) is 9.71. The van der Waals surface area contributed by atoms with Gasteiger partial charge >= 0.3 is 0 Å². The normalized spacial score (nSPS) is 22.5. The van der Waals surface area contributed by atoms with Crippen molar-refractivity contribution in [2.24, 2.45) is 12.5 Å². The van der Waals surface area contributed by atoms with E-state index in [1.807, 2.05) is 13.2 Å². The molecule has 3 nitrogen and oxygen atoms in total. The lowest BCUT2D eigenvalue weighted by molar-refractivity contribution is 0.0408. The predicted molar refractivity (Wildman–Crippen MR) is 54.7 cm³/mol. The van der Waals surface area contributed by atoms with E-state index in [1.165, 1.54) is 12.8 Å². The van der Waals surface area contributed by atoms with Crippen molar-refractivity contribution in [3.05, 3.63) is 18.0 Å². The fourth-order valence-corrected chi connectivity index (χ4v) is 2.44. The van der Waals surface area contributed by atoms with Gasteiger partial charge in [-0.15, -0.1) is 0 Å². The summed E-state index contributed by atoms with van der Waals surface area (Å²) in [4.78, 5) is 0. The molecule has 0 bridgehead atoms. The van der Waals surface area contributed by atoms with E-state index < -0.39 is 0 Å². The van der Waals surface area contributed by atoms with Gasteiger partial charge in [0.15, 0.2) is 0 Å². The number of aliphatic hydroxyl groups is 1. The fraction of sp³-hybridized carbons (Fsp3) is 0.727. The highest BCUT2D eigenvalue weighted by Crippen LogP contribution is 2.46. The molecule has 0 radical (unpaired) electrons. The van der Waals surface area contributed by atoms with E-state index in [1.54, 1.807) is 10.9 Å². The lowest BCUT2D eigenvalue weighted by atomic mass is 9.80. The van der Waals surface area contributed by atoms with Crippen LogP contribution in [0.15, 0.2) is 12.4 Å². The molecule has 1 fully saturated rings. The van der Waals surface area contributed by atoms with Crippen LogP contribution in [0.4, 0.5) is 0 Å². The van der Waals surface area contributed by atoms with Gasteiger partial charge in [-0.1, -0.05) is 19.8 Å². The third-order valence-electron chi connectivity index (χ3n) is 3.45. The van der Waals surface area contributed by atoms with Crippen LogP contribution in [0, 0.1) is 5.41 Å². The maximum absolute atomic E-state index is 10.2. The highest BCUT2D eigenvalue weighted by Gasteiger charge is 2.37. The summed E-state index contributed by atoms with van der Waals surface area (Å²) in [5.41, 5.74) is 1.03. The number of aromatic nitrogens is 2. The highest BCUT2D eigenvalue weighted by molar-refractivity contribution is 5.12. The van der Waals surface area contributed by atoms with Crippen LogP contribution >= 0.6 is 0 Å². The first-order chi connectivity index (χ1) is 6.62. The molecular weight excluding hydrogens is 176 g/mol. The van der Waals surface area contributed by atoms with E-state index in [-0.39, 0.29) is 11.5 Å². The minimum absolute atomic E-state index is 0.0725. The molecule has 1 saturated carbocycles. The van der Waals surface area contributed by atoms with E-state index in [0.29, 0.717) is 0 Å². The zero-order valence-electron chi connectivity index (χ0n) is 8.90. The fourth-order valence-electron chi connectivity index (χ4n) is 2.44. The van der Waals surface area contributed by atoms with Crippen LogP contribution < -0.4 is 0 Å². The summed E-state index contributed by atoms with van der Waals surface area (Å²) in [5, 5.41) is 14.3. The molecule has 1 heterocycles. The van der Waals surface area contributed by atoms with E-state index in [9.17, 15) is 5.11 Å². The second-order valence-electron chi connectivity index (χ2n) is 4.71. The first-order valence-electron chi connectivity index (χ1n) is 5.28. The van der Waals surface area contributed by atoms with Gasteiger partial charge in [-0.25, -0.2) is 0 Å². The Morgan fingerprint density at radius 1 is 1.50 bits per heavy atom. The largest absolute Gasteiger partial charge is 0.388 e. The minimum atomic E-state index is -0.348. The molecular formula is C11H18N2O. The molecule has 14 heavy (non-hydrogen) atoms. The Kier molecular flexibility index (Phi) is 2.35. The summed E-state index contributed by atoms with van der Waals surface area (Å²) < 4.78 is 1.75. The van der Waals surface area contributed by atoms with Crippen molar-refractivity contribution in [2.75, 3.05) is 0 Å². The number of rotatable bonds is 2. The van der Waals surface area contributed by atoms with Crippen molar-refractivity contribution in [1.29, 1.82) is 0 Å². The molecule has 0 amide bonds. The molecule has 1 aromatic heterocycles. The number of hydrogen-bond donors (Lipinski definition) is 1. The predicted octanol–water partition coefficient (Wildman–Crippen LogP) is 2.03. The third-order valence-corrected chi connectivity index (χ3v) is 3.45. The Hall–Kier alpha value is -0.830. The summed E-state index contributed by atoms with van der Waals surface area (Å²) >= 11 is 0. The molecule has 1 unspecified atom stereocenters. The maximum Gasteiger partial charge on any atom is 0.0873 e. The van der Waals surface area contributed by atoms with Crippen LogP contribution in [-0.2, 0) is 7.05 Å². The van der Waals surface area contributed by atoms with Crippen LogP contribution in [0.3, 0.4) is 0 Å². The Morgan fingerprint density at radius 3 is 2.64 bits per heavy atom. The van der Waals surface area contributed by atoms with Crippen molar-refractivity contribution in [1.82, 2.24) is 9.78 Å². The van der Waals surface area contributed by atoms with E-state index in [0.717, 1.165) is 18.4 Å². The van der Waals surface area contributed by atoms with Gasteiger partial charge in [0, 0.05) is 18.8 Å². The van der Waals surface area contributed by atoms with Crippen LogP contribution in [-0.4, -0.2) is 14.9 Å². The lowest BCUT2D eigenvalue weighted by Gasteiger charge is -2.29. The number of hydrogen-bond acceptors (Lipinski definition) is 2. The van der Waals surface area contributed by atoms with Crippen molar-refractivity contribution >= 4 is 0 Å². The Morgan fingerprint density at radius 2 is 2.14 bits per heavy atom. The molecule has 1 aromatic rings. The number of aliphatic hydroxyl groups excluding tert-OH is 1. The SMILES string of the molecule is Cn1cc(C(O)C2(C)CCCC2)cn1. The molecule has 0 spiro atoms. The van der Waals surface area contributed by atoms with Gasteiger partial charge in [0.05, 0.1) is 12.3 Å². The van der Waals surface area contributed by atoms with Crippen molar-refractivity contribution in [3.8, 4) is 0 Å². The van der Waals surface area contributed by atoms with Crippen molar-refractivity contribution in [2.45, 2.75) is 38.7 Å². The summed E-state index contributed by atoms with van der Waals surface area (Å²) in [7, 11) is 1.88. The summed E-state index contributed by atoms with van der Waals surface area (Å²) in [5.74, 6) is 0. The van der Waals surface area contributed by atoms with Gasteiger partial charge in [0.2, 0.25) is 0 Å². The van der Waals surface area contributed by atoms with Crippen molar-refractivity contribution in [3.63, 3.8) is 0 Å². The summed E-state index contributed by atoms with van der Waals surface area (Å²) in [6.07, 6.45) is 8.08. The molecule has 1 aliphatic carbocycles. The zero-order chi connectivity index (χ0) is 10.2. The number of nitrogens with zero attached hydrogens (tertiary/aromatic N) is 2. The van der Waals surface area contributed by atoms with Gasteiger partial charge in [-0.3, -0.25) is 4.68 Å². The third kappa shape index (κ3) is 1.57.